The standard InChI is InChI=1S/C10H11BrN2O4S/c1-17-8-3-2-7(11)6-9(8)18(15,16)13-5-4-12-10(13)14/h2-3,6H,4-5H2,1H3,(H,12,14). The number of ether oxygens (including phenoxy) is 1. The van der Waals surface area contributed by atoms with E-state index >= 15 is 0 Å². The van der Waals surface area contributed by atoms with Crippen LogP contribution >= 0.6 is 15.9 Å². The first-order valence-electron chi connectivity index (χ1n) is 5.11. The van der Waals surface area contributed by atoms with Crippen LogP contribution in [0.3, 0.4) is 0 Å². The van der Waals surface area contributed by atoms with Gasteiger partial charge < -0.3 is 10.1 Å². The van der Waals surface area contributed by atoms with Crippen LogP contribution < -0.4 is 10.1 Å². The van der Waals surface area contributed by atoms with Gasteiger partial charge in [-0.15, -0.1) is 0 Å². The molecule has 0 unspecified atom stereocenters. The first-order chi connectivity index (χ1) is 8.46. The Morgan fingerprint density at radius 3 is 2.72 bits per heavy atom. The molecule has 1 aliphatic heterocycles. The van der Waals surface area contributed by atoms with E-state index in [9.17, 15) is 13.2 Å². The average molecular weight is 335 g/mol. The summed E-state index contributed by atoms with van der Waals surface area (Å²) in [6.45, 7) is 0.436. The minimum Gasteiger partial charge on any atom is -0.495 e. The highest BCUT2D eigenvalue weighted by molar-refractivity contribution is 9.10. The molecular formula is C10H11BrN2O4S. The number of amides is 2. The summed E-state index contributed by atoms with van der Waals surface area (Å²) in [7, 11) is -2.51. The highest BCUT2D eigenvalue weighted by Crippen LogP contribution is 2.30. The number of rotatable bonds is 3. The molecule has 1 aromatic rings. The van der Waals surface area contributed by atoms with Gasteiger partial charge in [0.25, 0.3) is 10.0 Å². The highest BCUT2D eigenvalue weighted by atomic mass is 79.9. The van der Waals surface area contributed by atoms with E-state index in [1.54, 1.807) is 6.07 Å². The Morgan fingerprint density at radius 1 is 1.44 bits per heavy atom. The largest absolute Gasteiger partial charge is 0.495 e. The molecule has 0 spiro atoms. The number of urea groups is 1. The summed E-state index contributed by atoms with van der Waals surface area (Å²) in [6.07, 6.45) is 0. The van der Waals surface area contributed by atoms with Crippen LogP contribution in [-0.2, 0) is 10.0 Å². The molecule has 2 rings (SSSR count). The van der Waals surface area contributed by atoms with Crippen molar-refractivity contribution >= 4 is 32.0 Å². The second kappa shape index (κ2) is 4.77. The van der Waals surface area contributed by atoms with E-state index in [0.717, 1.165) is 4.31 Å². The molecule has 1 heterocycles. The molecule has 1 N–H and O–H groups in total. The van der Waals surface area contributed by atoms with Crippen LogP contribution in [0.2, 0.25) is 0 Å². The summed E-state index contributed by atoms with van der Waals surface area (Å²) in [6, 6.07) is 4.00. The molecule has 0 atom stereocenters. The number of carbonyl (C=O) groups is 1. The molecule has 0 bridgehead atoms. The molecule has 0 aliphatic carbocycles. The third-order valence-electron chi connectivity index (χ3n) is 2.51. The Morgan fingerprint density at radius 2 is 2.17 bits per heavy atom. The van der Waals surface area contributed by atoms with E-state index in [4.69, 9.17) is 4.74 Å². The van der Waals surface area contributed by atoms with Crippen LogP contribution in [0.25, 0.3) is 0 Å². The van der Waals surface area contributed by atoms with Gasteiger partial charge in [-0.1, -0.05) is 15.9 Å². The smallest absolute Gasteiger partial charge is 0.331 e. The Balaban J connectivity index is 2.53. The van der Waals surface area contributed by atoms with Crippen molar-refractivity contribution in [3.05, 3.63) is 22.7 Å². The van der Waals surface area contributed by atoms with E-state index in [1.165, 1.54) is 19.2 Å². The van der Waals surface area contributed by atoms with Crippen LogP contribution in [0.5, 0.6) is 5.75 Å². The molecule has 8 heteroatoms. The molecule has 0 radical (unpaired) electrons. The lowest BCUT2D eigenvalue weighted by Crippen LogP contribution is -2.34. The van der Waals surface area contributed by atoms with Gasteiger partial charge in [0.1, 0.15) is 10.6 Å². The number of sulfonamides is 1. The summed E-state index contributed by atoms with van der Waals surface area (Å²) in [5.41, 5.74) is 0. The predicted molar refractivity (Wildman–Crippen MR) is 68.0 cm³/mol. The minimum absolute atomic E-state index is 0.0311. The molecule has 1 fully saturated rings. The van der Waals surface area contributed by atoms with Crippen LogP contribution in [-0.4, -0.2) is 39.0 Å². The summed E-state index contributed by atoms with van der Waals surface area (Å²) >= 11 is 3.20. The van der Waals surface area contributed by atoms with Crippen LogP contribution in [0.4, 0.5) is 4.79 Å². The quantitative estimate of drug-likeness (QED) is 0.900. The van der Waals surface area contributed by atoms with Gasteiger partial charge in [0.15, 0.2) is 0 Å². The first kappa shape index (κ1) is 13.2. The number of carbonyl (C=O) groups excluding carboxylic acids is 1. The van der Waals surface area contributed by atoms with Gasteiger partial charge in [-0.05, 0) is 18.2 Å². The lowest BCUT2D eigenvalue weighted by molar-refractivity contribution is 0.235. The fourth-order valence-corrected chi connectivity index (χ4v) is 3.70. The van der Waals surface area contributed by atoms with Crippen LogP contribution in [0.15, 0.2) is 27.6 Å². The number of nitrogens with zero attached hydrogens (tertiary/aromatic N) is 1. The van der Waals surface area contributed by atoms with Gasteiger partial charge in [-0.2, -0.15) is 0 Å². The van der Waals surface area contributed by atoms with Gasteiger partial charge in [0.2, 0.25) is 0 Å². The fourth-order valence-electron chi connectivity index (χ4n) is 1.65. The number of methoxy groups -OCH3 is 1. The molecule has 1 aromatic carbocycles. The summed E-state index contributed by atoms with van der Waals surface area (Å²) in [5, 5.41) is 2.45. The molecule has 18 heavy (non-hydrogen) atoms. The van der Waals surface area contributed by atoms with Gasteiger partial charge in [0, 0.05) is 11.0 Å². The number of nitrogens with one attached hydrogen (secondary N) is 1. The third kappa shape index (κ3) is 2.17. The number of benzene rings is 1. The molecule has 1 aliphatic rings. The normalized spacial score (nSPS) is 15.7. The van der Waals surface area contributed by atoms with E-state index in [1.807, 2.05) is 0 Å². The van der Waals surface area contributed by atoms with Gasteiger partial charge >= 0.3 is 6.03 Å². The van der Waals surface area contributed by atoms with Crippen LogP contribution in [0.1, 0.15) is 0 Å². The van der Waals surface area contributed by atoms with Crippen molar-refractivity contribution in [1.82, 2.24) is 9.62 Å². The van der Waals surface area contributed by atoms with E-state index in [0.29, 0.717) is 11.0 Å². The Hall–Kier alpha value is -1.28. The molecule has 1 saturated heterocycles. The van der Waals surface area contributed by atoms with Gasteiger partial charge in [-0.25, -0.2) is 17.5 Å². The molecule has 2 amide bonds. The predicted octanol–water partition coefficient (Wildman–Crippen LogP) is 1.17. The minimum atomic E-state index is -3.89. The van der Waals surface area contributed by atoms with Crippen molar-refractivity contribution in [3.63, 3.8) is 0 Å². The summed E-state index contributed by atoms with van der Waals surface area (Å²) in [5.74, 6) is 0.206. The zero-order chi connectivity index (χ0) is 13.3. The first-order valence-corrected chi connectivity index (χ1v) is 7.34. The Kier molecular flexibility index (Phi) is 3.49. The lowest BCUT2D eigenvalue weighted by atomic mass is 10.3. The molecule has 0 saturated carbocycles. The maximum Gasteiger partial charge on any atom is 0.331 e. The second-order valence-corrected chi connectivity index (χ2v) is 6.35. The van der Waals surface area contributed by atoms with Crippen molar-refractivity contribution in [3.8, 4) is 5.75 Å². The summed E-state index contributed by atoms with van der Waals surface area (Å²) < 4.78 is 31.1. The lowest BCUT2D eigenvalue weighted by Gasteiger charge is -2.17. The summed E-state index contributed by atoms with van der Waals surface area (Å²) in [4.78, 5) is 11.4. The molecule has 6 nitrogen and oxygen atoms in total. The molecule has 0 aromatic heterocycles. The molecule has 98 valence electrons. The van der Waals surface area contributed by atoms with Gasteiger partial charge in [0.05, 0.1) is 13.7 Å². The zero-order valence-electron chi connectivity index (χ0n) is 9.51. The van der Waals surface area contributed by atoms with Crippen LogP contribution in [0, 0.1) is 0 Å². The van der Waals surface area contributed by atoms with Crippen molar-refractivity contribution < 1.29 is 17.9 Å². The third-order valence-corrected chi connectivity index (χ3v) is 4.81. The SMILES string of the molecule is COc1ccc(Br)cc1S(=O)(=O)N1CCNC1=O. The monoisotopic (exact) mass is 334 g/mol. The number of hydrogen-bond acceptors (Lipinski definition) is 4. The average Bonchev–Trinajstić information content (AvgIpc) is 2.76. The maximum atomic E-state index is 12.3. The van der Waals surface area contributed by atoms with Crippen molar-refractivity contribution in [2.45, 2.75) is 4.90 Å². The van der Waals surface area contributed by atoms with Gasteiger partial charge in [-0.3, -0.25) is 0 Å². The second-order valence-electron chi connectivity index (χ2n) is 3.60. The van der Waals surface area contributed by atoms with Crippen molar-refractivity contribution in [2.75, 3.05) is 20.2 Å². The Labute approximate surface area is 113 Å². The number of hydrogen-bond donors (Lipinski definition) is 1. The van der Waals surface area contributed by atoms with Crippen molar-refractivity contribution in [1.29, 1.82) is 0 Å². The Bertz CT molecular complexity index is 588. The van der Waals surface area contributed by atoms with E-state index in [2.05, 4.69) is 21.2 Å². The number of halogens is 1. The van der Waals surface area contributed by atoms with E-state index < -0.39 is 16.1 Å². The highest BCUT2D eigenvalue weighted by Gasteiger charge is 2.34. The maximum absolute atomic E-state index is 12.3. The topological polar surface area (TPSA) is 75.7 Å². The zero-order valence-corrected chi connectivity index (χ0v) is 11.9. The molecular weight excluding hydrogens is 324 g/mol. The fraction of sp³-hybridized carbons (Fsp3) is 0.300. The van der Waals surface area contributed by atoms with E-state index in [-0.39, 0.29) is 17.2 Å². The van der Waals surface area contributed by atoms with Crippen molar-refractivity contribution in [2.24, 2.45) is 0 Å².